The van der Waals surface area contributed by atoms with Crippen LogP contribution in [0.3, 0.4) is 0 Å². The Morgan fingerprint density at radius 2 is 1.65 bits per heavy atom. The van der Waals surface area contributed by atoms with E-state index >= 15 is 0 Å². The number of phenolic OH excluding ortho intramolecular Hbond substituents is 1. The Morgan fingerprint density at radius 1 is 1.15 bits per heavy atom. The maximum absolute atomic E-state index is 12.4. The van der Waals surface area contributed by atoms with Crippen molar-refractivity contribution >= 4 is 18.0 Å². The molecule has 3 amide bonds. The summed E-state index contributed by atoms with van der Waals surface area (Å²) >= 11 is 0. The number of nitrogens with zero attached hydrogens (tertiary/aromatic N) is 1. The molecule has 1 fully saturated rings. The molecule has 1 aliphatic rings. The van der Waals surface area contributed by atoms with Gasteiger partial charge in [0.25, 0.3) is 5.91 Å². The molecule has 4 N–H and O–H groups in total. The lowest BCUT2D eigenvalue weighted by molar-refractivity contribution is -0.122. The van der Waals surface area contributed by atoms with E-state index in [4.69, 9.17) is 5.84 Å². The average Bonchev–Trinajstić information content (AvgIpc) is 2.87. The minimum atomic E-state index is -0.602. The van der Waals surface area contributed by atoms with E-state index in [2.05, 4.69) is 0 Å². The van der Waals surface area contributed by atoms with Gasteiger partial charge in [-0.15, -0.1) is 0 Å². The first-order valence-corrected chi connectivity index (χ1v) is 8.77. The first-order valence-electron chi connectivity index (χ1n) is 8.77. The van der Waals surface area contributed by atoms with E-state index in [0.717, 1.165) is 21.6 Å². The summed E-state index contributed by atoms with van der Waals surface area (Å²) < 4.78 is 0. The molecule has 1 aromatic rings. The molecule has 0 aliphatic carbocycles. The van der Waals surface area contributed by atoms with Crippen molar-refractivity contribution in [2.24, 2.45) is 5.84 Å². The molecule has 142 valence electrons. The number of likely N-dealkylation sites (tertiary alicyclic amines) is 1. The van der Waals surface area contributed by atoms with Gasteiger partial charge in [-0.25, -0.2) is 10.6 Å². The molecular formula is C20H29N3O3. The number of phenols is 1. The van der Waals surface area contributed by atoms with Gasteiger partial charge in [-0.05, 0) is 41.0 Å². The Labute approximate surface area is 155 Å². The van der Waals surface area contributed by atoms with E-state index in [1.807, 2.05) is 59.1 Å². The smallest absolute Gasteiger partial charge is 0.338 e. The number of urea groups is 1. The number of benzene rings is 1. The lowest BCUT2D eigenvalue weighted by atomic mass is 9.78. The summed E-state index contributed by atoms with van der Waals surface area (Å²) in [7, 11) is 0. The van der Waals surface area contributed by atoms with E-state index in [1.54, 1.807) is 6.08 Å². The van der Waals surface area contributed by atoms with Crippen LogP contribution >= 0.6 is 0 Å². The molecule has 2 rings (SSSR count). The summed E-state index contributed by atoms with van der Waals surface area (Å²) in [5.74, 6) is 5.09. The van der Waals surface area contributed by atoms with Crippen LogP contribution in [0.2, 0.25) is 0 Å². The van der Waals surface area contributed by atoms with Crippen molar-refractivity contribution in [2.45, 2.75) is 58.8 Å². The second-order valence-electron chi connectivity index (χ2n) is 8.79. The molecule has 1 aliphatic heterocycles. The predicted octanol–water partition coefficient (Wildman–Crippen LogP) is 3.19. The summed E-state index contributed by atoms with van der Waals surface area (Å²) in [6.45, 7) is 12.6. The van der Waals surface area contributed by atoms with Crippen LogP contribution in [0.15, 0.2) is 17.7 Å². The molecule has 6 heteroatoms. The monoisotopic (exact) mass is 359 g/mol. The van der Waals surface area contributed by atoms with Crippen LogP contribution in [0.25, 0.3) is 6.08 Å². The number of amides is 3. The first-order chi connectivity index (χ1) is 11.9. The maximum atomic E-state index is 12.4. The molecule has 0 unspecified atom stereocenters. The highest BCUT2D eigenvalue weighted by Crippen LogP contribution is 2.40. The number of imide groups is 1. The van der Waals surface area contributed by atoms with Gasteiger partial charge in [0.15, 0.2) is 0 Å². The van der Waals surface area contributed by atoms with Crippen LogP contribution in [0.1, 0.15) is 64.7 Å². The highest BCUT2D eigenvalue weighted by atomic mass is 16.3. The number of rotatable bonds is 1. The van der Waals surface area contributed by atoms with Crippen molar-refractivity contribution in [2.75, 3.05) is 6.54 Å². The maximum Gasteiger partial charge on any atom is 0.338 e. The summed E-state index contributed by atoms with van der Waals surface area (Å²) in [4.78, 5) is 25.2. The number of carbonyl (C=O) groups is 2. The van der Waals surface area contributed by atoms with Crippen LogP contribution in [-0.2, 0) is 15.6 Å². The lowest BCUT2D eigenvalue weighted by Crippen LogP contribution is -2.44. The van der Waals surface area contributed by atoms with E-state index in [-0.39, 0.29) is 16.7 Å². The third kappa shape index (κ3) is 3.90. The molecule has 26 heavy (non-hydrogen) atoms. The zero-order valence-corrected chi connectivity index (χ0v) is 16.4. The molecule has 1 saturated heterocycles. The summed E-state index contributed by atoms with van der Waals surface area (Å²) in [6, 6.07) is 3.22. The Bertz CT molecular complexity index is 732. The minimum Gasteiger partial charge on any atom is -0.507 e. The van der Waals surface area contributed by atoms with Gasteiger partial charge in [-0.1, -0.05) is 41.5 Å². The second-order valence-corrected chi connectivity index (χ2v) is 8.79. The molecule has 0 saturated carbocycles. The Hall–Kier alpha value is -2.34. The van der Waals surface area contributed by atoms with Gasteiger partial charge < -0.3 is 5.11 Å². The van der Waals surface area contributed by atoms with Crippen molar-refractivity contribution in [3.63, 3.8) is 0 Å². The molecular weight excluding hydrogens is 330 g/mol. The van der Waals surface area contributed by atoms with Gasteiger partial charge in [-0.2, -0.15) is 0 Å². The summed E-state index contributed by atoms with van der Waals surface area (Å²) in [6.07, 6.45) is 2.28. The fourth-order valence-corrected chi connectivity index (χ4v) is 3.10. The van der Waals surface area contributed by atoms with Crippen LogP contribution < -0.4 is 11.3 Å². The van der Waals surface area contributed by atoms with Gasteiger partial charge >= 0.3 is 6.03 Å². The zero-order chi connectivity index (χ0) is 19.9. The SMILES string of the molecule is CC(C)(C)c1cc(C=C2CCN(C(=O)NN)C2=O)cc(C(C)(C)C)c1O. The fourth-order valence-electron chi connectivity index (χ4n) is 3.10. The number of hydrogen-bond donors (Lipinski definition) is 3. The number of aromatic hydroxyl groups is 1. The van der Waals surface area contributed by atoms with Crippen molar-refractivity contribution in [1.29, 1.82) is 0 Å². The van der Waals surface area contributed by atoms with Crippen LogP contribution in [0, 0.1) is 0 Å². The van der Waals surface area contributed by atoms with Gasteiger partial charge in [0.05, 0.1) is 0 Å². The van der Waals surface area contributed by atoms with Crippen molar-refractivity contribution in [3.05, 3.63) is 34.4 Å². The summed E-state index contributed by atoms with van der Waals surface area (Å²) in [5.41, 5.74) is 4.56. The predicted molar refractivity (Wildman–Crippen MR) is 103 cm³/mol. The largest absolute Gasteiger partial charge is 0.507 e. The second kappa shape index (κ2) is 6.76. The Morgan fingerprint density at radius 3 is 2.08 bits per heavy atom. The lowest BCUT2D eigenvalue weighted by Gasteiger charge is -2.28. The van der Waals surface area contributed by atoms with E-state index < -0.39 is 6.03 Å². The third-order valence-corrected chi connectivity index (χ3v) is 4.58. The fraction of sp³-hybridized carbons (Fsp3) is 0.500. The van der Waals surface area contributed by atoms with Gasteiger partial charge in [0.1, 0.15) is 5.75 Å². The van der Waals surface area contributed by atoms with E-state index in [9.17, 15) is 14.7 Å². The molecule has 0 atom stereocenters. The third-order valence-electron chi connectivity index (χ3n) is 4.58. The van der Waals surface area contributed by atoms with Gasteiger partial charge in [-0.3, -0.25) is 15.1 Å². The van der Waals surface area contributed by atoms with Crippen LogP contribution in [-0.4, -0.2) is 28.5 Å². The molecule has 0 bridgehead atoms. The molecule has 0 spiro atoms. The van der Waals surface area contributed by atoms with Crippen molar-refractivity contribution in [1.82, 2.24) is 10.3 Å². The number of nitrogens with one attached hydrogen (secondary N) is 1. The molecule has 1 heterocycles. The normalized spacial score (nSPS) is 17.1. The van der Waals surface area contributed by atoms with Crippen LogP contribution in [0.5, 0.6) is 5.75 Å². The zero-order valence-electron chi connectivity index (χ0n) is 16.4. The first kappa shape index (κ1) is 20.0. The highest BCUT2D eigenvalue weighted by Gasteiger charge is 2.31. The standard InChI is InChI=1S/C20H29N3O3/c1-19(2,3)14-10-12(11-15(16(14)24)20(4,5)6)9-13-7-8-23(17(13)25)18(26)22-21/h9-11,24H,7-8,21H2,1-6H3,(H,22,26). The van der Waals surface area contributed by atoms with Gasteiger partial charge in [0.2, 0.25) is 0 Å². The highest BCUT2D eigenvalue weighted by molar-refractivity contribution is 6.08. The van der Waals surface area contributed by atoms with Crippen molar-refractivity contribution in [3.8, 4) is 5.75 Å². The Kier molecular flexibility index (Phi) is 5.19. The van der Waals surface area contributed by atoms with E-state index in [0.29, 0.717) is 24.3 Å². The molecule has 1 aromatic carbocycles. The van der Waals surface area contributed by atoms with E-state index in [1.165, 1.54) is 0 Å². The van der Waals surface area contributed by atoms with Crippen LogP contribution in [0.4, 0.5) is 4.79 Å². The Balaban J connectivity index is 2.54. The number of hydrogen-bond acceptors (Lipinski definition) is 4. The van der Waals surface area contributed by atoms with Gasteiger partial charge in [0, 0.05) is 23.2 Å². The van der Waals surface area contributed by atoms with Crippen molar-refractivity contribution < 1.29 is 14.7 Å². The number of hydrazine groups is 1. The average molecular weight is 359 g/mol. The topological polar surface area (TPSA) is 95.7 Å². The number of carbonyl (C=O) groups excluding carboxylic acids is 2. The molecule has 0 aromatic heterocycles. The summed E-state index contributed by atoms with van der Waals surface area (Å²) in [5, 5.41) is 10.8. The molecule has 0 radical (unpaired) electrons. The minimum absolute atomic E-state index is 0.246. The number of nitrogens with two attached hydrogens (primary N) is 1. The quantitative estimate of drug-likeness (QED) is 0.310. The molecule has 6 nitrogen and oxygen atoms in total.